The van der Waals surface area contributed by atoms with Gasteiger partial charge in [0, 0.05) is 12.1 Å². The van der Waals surface area contributed by atoms with Gasteiger partial charge in [-0.2, -0.15) is 5.10 Å². The van der Waals surface area contributed by atoms with Crippen LogP contribution in [0.25, 0.3) is 6.08 Å². The van der Waals surface area contributed by atoms with Gasteiger partial charge in [-0.1, -0.05) is 29.8 Å². The Morgan fingerprint density at radius 1 is 1.41 bits per heavy atom. The van der Waals surface area contributed by atoms with E-state index >= 15 is 0 Å². The zero-order valence-electron chi connectivity index (χ0n) is 9.47. The smallest absolute Gasteiger partial charge is 0.249 e. The fourth-order valence-electron chi connectivity index (χ4n) is 1.45. The molecule has 17 heavy (non-hydrogen) atoms. The van der Waals surface area contributed by atoms with Crippen LogP contribution in [0.2, 0.25) is 0 Å². The van der Waals surface area contributed by atoms with Crippen molar-refractivity contribution in [3.8, 4) is 0 Å². The lowest BCUT2D eigenvalue weighted by atomic mass is 10.1. The maximum absolute atomic E-state index is 11.5. The Bertz CT molecular complexity index is 529. The topological polar surface area (TPSA) is 57.8 Å². The van der Waals surface area contributed by atoms with Gasteiger partial charge in [-0.25, -0.2) is 0 Å². The molecule has 0 aliphatic rings. The number of carbonyl (C=O) groups is 1. The number of aromatic amines is 1. The maximum Gasteiger partial charge on any atom is 0.249 e. The molecule has 1 amide bonds. The summed E-state index contributed by atoms with van der Waals surface area (Å²) in [5.74, 6) is 0.402. The molecule has 0 saturated carbocycles. The number of amides is 1. The summed E-state index contributed by atoms with van der Waals surface area (Å²) in [6.45, 7) is 2.02. The third-order valence-corrected chi connectivity index (χ3v) is 2.23. The van der Waals surface area contributed by atoms with E-state index in [-0.39, 0.29) is 5.91 Å². The van der Waals surface area contributed by atoms with Crippen LogP contribution in [0.4, 0.5) is 5.82 Å². The number of nitrogens with zero attached hydrogens (tertiary/aromatic N) is 1. The van der Waals surface area contributed by atoms with Crippen molar-refractivity contribution < 1.29 is 4.79 Å². The van der Waals surface area contributed by atoms with E-state index in [1.165, 1.54) is 11.6 Å². The molecule has 0 unspecified atom stereocenters. The molecule has 1 heterocycles. The maximum atomic E-state index is 11.5. The fraction of sp³-hybridized carbons (Fsp3) is 0.0769. The Labute approximate surface area is 99.4 Å². The first-order valence-electron chi connectivity index (χ1n) is 5.29. The molecule has 0 atom stereocenters. The van der Waals surface area contributed by atoms with Gasteiger partial charge in [0.05, 0.1) is 6.20 Å². The lowest BCUT2D eigenvalue weighted by Gasteiger charge is -1.97. The molecule has 4 nitrogen and oxygen atoms in total. The molecule has 2 N–H and O–H groups in total. The van der Waals surface area contributed by atoms with E-state index in [1.54, 1.807) is 18.3 Å². The van der Waals surface area contributed by atoms with Crippen molar-refractivity contribution in [2.24, 2.45) is 0 Å². The lowest BCUT2D eigenvalue weighted by molar-refractivity contribution is -0.111. The van der Waals surface area contributed by atoms with Crippen molar-refractivity contribution in [1.82, 2.24) is 10.2 Å². The molecular formula is C13H13N3O. The number of aromatic nitrogens is 2. The minimum atomic E-state index is -0.184. The lowest BCUT2D eigenvalue weighted by Crippen LogP contribution is -2.07. The van der Waals surface area contributed by atoms with E-state index < -0.39 is 0 Å². The minimum absolute atomic E-state index is 0.184. The van der Waals surface area contributed by atoms with Crippen LogP contribution in [0.3, 0.4) is 0 Å². The number of anilines is 1. The third-order valence-electron chi connectivity index (χ3n) is 2.23. The first kappa shape index (κ1) is 11.1. The highest BCUT2D eigenvalue weighted by Gasteiger charge is 1.97. The summed E-state index contributed by atoms with van der Waals surface area (Å²) in [5, 5.41) is 9.06. The molecule has 86 valence electrons. The quantitative estimate of drug-likeness (QED) is 0.791. The molecule has 2 aromatic rings. The fourth-order valence-corrected chi connectivity index (χ4v) is 1.45. The van der Waals surface area contributed by atoms with Crippen LogP contribution < -0.4 is 5.32 Å². The molecule has 2 rings (SSSR count). The standard InChI is InChI=1S/C13H13N3O/c1-10-3-2-4-11(9-10)5-6-13(17)15-12-7-8-14-16-12/h2-9H,1H3,(H2,14,15,16,17)/b6-5+. The van der Waals surface area contributed by atoms with Crippen LogP contribution in [0.5, 0.6) is 0 Å². The number of aryl methyl sites for hydroxylation is 1. The van der Waals surface area contributed by atoms with Crippen LogP contribution in [-0.2, 0) is 4.79 Å². The molecule has 4 heteroatoms. The van der Waals surface area contributed by atoms with Gasteiger partial charge in [-0.3, -0.25) is 9.89 Å². The van der Waals surface area contributed by atoms with E-state index in [0.717, 1.165) is 5.56 Å². The zero-order valence-corrected chi connectivity index (χ0v) is 9.47. The van der Waals surface area contributed by atoms with Crippen molar-refractivity contribution in [2.75, 3.05) is 5.32 Å². The average Bonchev–Trinajstić information content (AvgIpc) is 2.79. The summed E-state index contributed by atoms with van der Waals surface area (Å²) < 4.78 is 0. The molecule has 1 aromatic carbocycles. The van der Waals surface area contributed by atoms with Crippen molar-refractivity contribution in [2.45, 2.75) is 6.92 Å². The number of hydrogen-bond acceptors (Lipinski definition) is 2. The summed E-state index contributed by atoms with van der Waals surface area (Å²) in [4.78, 5) is 11.5. The molecule has 0 fully saturated rings. The molecule has 0 aliphatic heterocycles. The van der Waals surface area contributed by atoms with E-state index in [2.05, 4.69) is 15.5 Å². The normalized spacial score (nSPS) is 10.6. The summed E-state index contributed by atoms with van der Waals surface area (Å²) in [5.41, 5.74) is 2.17. The van der Waals surface area contributed by atoms with Crippen LogP contribution in [0, 0.1) is 6.92 Å². The van der Waals surface area contributed by atoms with Crippen LogP contribution >= 0.6 is 0 Å². The molecule has 0 bridgehead atoms. The highest BCUT2D eigenvalue weighted by atomic mass is 16.1. The number of benzene rings is 1. The second-order valence-corrected chi connectivity index (χ2v) is 3.71. The van der Waals surface area contributed by atoms with Crippen molar-refractivity contribution in [3.63, 3.8) is 0 Å². The molecule has 0 aliphatic carbocycles. The summed E-state index contributed by atoms with van der Waals surface area (Å²) in [6, 6.07) is 9.63. The summed E-state index contributed by atoms with van der Waals surface area (Å²) >= 11 is 0. The summed E-state index contributed by atoms with van der Waals surface area (Å²) in [7, 11) is 0. The summed E-state index contributed by atoms with van der Waals surface area (Å²) in [6.07, 6.45) is 4.86. The molecular weight excluding hydrogens is 214 g/mol. The molecule has 1 aromatic heterocycles. The zero-order chi connectivity index (χ0) is 12.1. The highest BCUT2D eigenvalue weighted by molar-refractivity contribution is 6.01. The van der Waals surface area contributed by atoms with Gasteiger partial charge >= 0.3 is 0 Å². The van der Waals surface area contributed by atoms with Gasteiger partial charge in [-0.15, -0.1) is 0 Å². The number of rotatable bonds is 3. The number of H-pyrrole nitrogens is 1. The molecule has 0 radical (unpaired) electrons. The van der Waals surface area contributed by atoms with Gasteiger partial charge in [0.2, 0.25) is 5.91 Å². The highest BCUT2D eigenvalue weighted by Crippen LogP contribution is 2.06. The number of nitrogens with one attached hydrogen (secondary N) is 2. The third kappa shape index (κ3) is 3.31. The first-order valence-corrected chi connectivity index (χ1v) is 5.29. The Kier molecular flexibility index (Phi) is 3.35. The largest absolute Gasteiger partial charge is 0.307 e. The number of hydrogen-bond donors (Lipinski definition) is 2. The molecule has 0 saturated heterocycles. The van der Waals surface area contributed by atoms with Crippen molar-refractivity contribution in [3.05, 3.63) is 53.7 Å². The minimum Gasteiger partial charge on any atom is -0.307 e. The Balaban J connectivity index is 1.99. The van der Waals surface area contributed by atoms with Crippen LogP contribution in [0.1, 0.15) is 11.1 Å². The van der Waals surface area contributed by atoms with E-state index in [4.69, 9.17) is 0 Å². The van der Waals surface area contributed by atoms with Crippen molar-refractivity contribution >= 4 is 17.8 Å². The Hall–Kier alpha value is -2.36. The predicted octanol–water partition coefficient (Wildman–Crippen LogP) is 2.37. The van der Waals surface area contributed by atoms with Crippen LogP contribution in [0.15, 0.2) is 42.6 Å². The van der Waals surface area contributed by atoms with Crippen LogP contribution in [-0.4, -0.2) is 16.1 Å². The van der Waals surface area contributed by atoms with E-state index in [9.17, 15) is 4.79 Å². The van der Waals surface area contributed by atoms with E-state index in [0.29, 0.717) is 5.82 Å². The Morgan fingerprint density at radius 2 is 2.29 bits per heavy atom. The van der Waals surface area contributed by atoms with Crippen molar-refractivity contribution in [1.29, 1.82) is 0 Å². The predicted molar refractivity (Wildman–Crippen MR) is 67.4 cm³/mol. The number of carbonyl (C=O) groups excluding carboxylic acids is 1. The monoisotopic (exact) mass is 227 g/mol. The van der Waals surface area contributed by atoms with Gasteiger partial charge < -0.3 is 5.32 Å². The Morgan fingerprint density at radius 3 is 3.00 bits per heavy atom. The van der Waals surface area contributed by atoms with Gasteiger partial charge in [0.25, 0.3) is 0 Å². The second kappa shape index (κ2) is 5.12. The molecule has 0 spiro atoms. The van der Waals surface area contributed by atoms with Gasteiger partial charge in [0.15, 0.2) is 0 Å². The van der Waals surface area contributed by atoms with Gasteiger partial charge in [0.1, 0.15) is 5.82 Å². The SMILES string of the molecule is Cc1cccc(/C=C/C(=O)Nc2ccn[nH]2)c1. The van der Waals surface area contributed by atoms with E-state index in [1.807, 2.05) is 31.2 Å². The first-order chi connectivity index (χ1) is 8.24. The second-order valence-electron chi connectivity index (χ2n) is 3.71. The van der Waals surface area contributed by atoms with Gasteiger partial charge in [-0.05, 0) is 18.6 Å². The average molecular weight is 227 g/mol.